The van der Waals surface area contributed by atoms with Gasteiger partial charge in [0.25, 0.3) is 0 Å². The van der Waals surface area contributed by atoms with E-state index in [1.807, 2.05) is 12.1 Å². The maximum atomic E-state index is 6.55. The van der Waals surface area contributed by atoms with Crippen molar-refractivity contribution in [2.24, 2.45) is 0 Å². The zero-order valence-corrected chi connectivity index (χ0v) is 37.7. The van der Waals surface area contributed by atoms with Crippen molar-refractivity contribution in [1.82, 2.24) is 4.57 Å². The fourth-order valence-electron chi connectivity index (χ4n) is 10.3. The normalized spacial score (nSPS) is 11.5. The number of anilines is 3. The molecular formula is C66H44N2O. The minimum atomic E-state index is 0.892. The first-order valence-corrected chi connectivity index (χ1v) is 23.6. The van der Waals surface area contributed by atoms with E-state index in [4.69, 9.17) is 4.42 Å². The van der Waals surface area contributed by atoms with Gasteiger partial charge in [-0.1, -0.05) is 206 Å². The average Bonchev–Trinajstić information content (AvgIpc) is 3.98. The molecule has 0 atom stereocenters. The molecule has 3 nitrogen and oxygen atoms in total. The van der Waals surface area contributed by atoms with Crippen LogP contribution >= 0.6 is 0 Å². The molecule has 3 heteroatoms. The Hall–Kier alpha value is -9.18. The number of para-hydroxylation sites is 4. The first-order valence-electron chi connectivity index (χ1n) is 23.6. The Morgan fingerprint density at radius 2 is 0.739 bits per heavy atom. The van der Waals surface area contributed by atoms with Gasteiger partial charge < -0.3 is 13.9 Å². The molecule has 0 saturated carbocycles. The van der Waals surface area contributed by atoms with E-state index < -0.39 is 0 Å². The van der Waals surface area contributed by atoms with Crippen LogP contribution in [0.5, 0.6) is 0 Å². The highest BCUT2D eigenvalue weighted by Gasteiger charge is 2.20. The van der Waals surface area contributed by atoms with Gasteiger partial charge >= 0.3 is 0 Å². The average molecular weight is 881 g/mol. The third-order valence-electron chi connectivity index (χ3n) is 13.6. The number of benzene rings is 11. The second-order valence-corrected chi connectivity index (χ2v) is 17.7. The Kier molecular flexibility index (Phi) is 9.84. The van der Waals surface area contributed by atoms with Crippen LogP contribution in [-0.2, 0) is 0 Å². The lowest BCUT2D eigenvalue weighted by atomic mass is 9.97. The molecule has 0 aliphatic carbocycles. The van der Waals surface area contributed by atoms with Crippen molar-refractivity contribution in [3.05, 3.63) is 267 Å². The molecule has 69 heavy (non-hydrogen) atoms. The summed E-state index contributed by atoms with van der Waals surface area (Å²) in [6.45, 7) is 0. The number of nitrogens with zero attached hydrogens (tertiary/aromatic N) is 2. The molecule has 0 radical (unpaired) electrons. The second-order valence-electron chi connectivity index (χ2n) is 17.7. The Morgan fingerprint density at radius 1 is 0.275 bits per heavy atom. The molecule has 11 aromatic carbocycles. The molecule has 0 amide bonds. The van der Waals surface area contributed by atoms with E-state index in [0.717, 1.165) is 72.5 Å². The molecule has 13 aromatic rings. The summed E-state index contributed by atoms with van der Waals surface area (Å²) >= 11 is 0. The summed E-state index contributed by atoms with van der Waals surface area (Å²) < 4.78 is 8.99. The van der Waals surface area contributed by atoms with Gasteiger partial charge in [0.2, 0.25) is 0 Å². The van der Waals surface area contributed by atoms with Crippen LogP contribution in [0.15, 0.2) is 271 Å². The van der Waals surface area contributed by atoms with Crippen molar-refractivity contribution in [2.45, 2.75) is 0 Å². The summed E-state index contributed by atoms with van der Waals surface area (Å²) in [6.07, 6.45) is 0. The third-order valence-corrected chi connectivity index (χ3v) is 13.6. The van der Waals surface area contributed by atoms with Gasteiger partial charge in [-0.25, -0.2) is 0 Å². The molecule has 324 valence electrons. The van der Waals surface area contributed by atoms with E-state index in [9.17, 15) is 0 Å². The maximum absolute atomic E-state index is 6.55. The van der Waals surface area contributed by atoms with Crippen LogP contribution < -0.4 is 4.90 Å². The molecule has 2 heterocycles. The minimum Gasteiger partial charge on any atom is -0.455 e. The van der Waals surface area contributed by atoms with Crippen LogP contribution in [-0.4, -0.2) is 4.57 Å². The molecule has 0 bridgehead atoms. The van der Waals surface area contributed by atoms with Crippen LogP contribution in [0.25, 0.3) is 105 Å². The lowest BCUT2D eigenvalue weighted by Crippen LogP contribution is -2.10. The van der Waals surface area contributed by atoms with Crippen molar-refractivity contribution in [2.75, 3.05) is 4.90 Å². The van der Waals surface area contributed by atoms with Crippen LogP contribution in [0.3, 0.4) is 0 Å². The van der Waals surface area contributed by atoms with Gasteiger partial charge in [-0.05, 0) is 105 Å². The smallest absolute Gasteiger partial charge is 0.143 e. The lowest BCUT2D eigenvalue weighted by Gasteiger charge is -2.26. The largest absolute Gasteiger partial charge is 0.455 e. The van der Waals surface area contributed by atoms with Gasteiger partial charge in [0.05, 0.1) is 16.7 Å². The standard InChI is InChI=1S/C66H44N2O/c1-3-15-45(16-4-1)47-29-31-48(32-30-47)49-33-38-53(39-34-49)67(55-20-13-19-52(43-55)57-24-14-25-61-60-23-9-12-28-65(60)69-66(57)61)54-40-35-50(36-41-54)56-42-37-51(46-17-5-2-6-18-46)44-64(56)68-62-26-10-7-21-58(62)59-22-8-11-27-63(59)68/h1-44H. The quantitative estimate of drug-likeness (QED) is 0.144. The molecule has 2 aromatic heterocycles. The van der Waals surface area contributed by atoms with Gasteiger partial charge in [-0.2, -0.15) is 0 Å². The molecule has 0 spiro atoms. The van der Waals surface area contributed by atoms with Gasteiger partial charge in [-0.3, -0.25) is 0 Å². The molecule has 0 unspecified atom stereocenters. The van der Waals surface area contributed by atoms with Crippen LogP contribution in [0.4, 0.5) is 17.1 Å². The lowest BCUT2D eigenvalue weighted by molar-refractivity contribution is 0.670. The molecule has 0 fully saturated rings. The monoisotopic (exact) mass is 880 g/mol. The van der Waals surface area contributed by atoms with Gasteiger partial charge in [-0.15, -0.1) is 0 Å². The molecule has 0 saturated heterocycles. The number of fused-ring (bicyclic) bond motifs is 6. The highest BCUT2D eigenvalue weighted by molar-refractivity contribution is 6.11. The van der Waals surface area contributed by atoms with Crippen LogP contribution in [0.2, 0.25) is 0 Å². The predicted molar refractivity (Wildman–Crippen MR) is 290 cm³/mol. The Labute approximate surface area is 401 Å². The van der Waals surface area contributed by atoms with Gasteiger partial charge in [0.1, 0.15) is 11.2 Å². The van der Waals surface area contributed by atoms with E-state index >= 15 is 0 Å². The first-order chi connectivity index (χ1) is 34.2. The number of rotatable bonds is 9. The summed E-state index contributed by atoms with van der Waals surface area (Å²) in [5.41, 5.74) is 20.0. The number of hydrogen-bond acceptors (Lipinski definition) is 2. The number of hydrogen-bond donors (Lipinski definition) is 0. The summed E-state index contributed by atoms with van der Waals surface area (Å²) in [5, 5.41) is 4.72. The fraction of sp³-hybridized carbons (Fsp3) is 0. The van der Waals surface area contributed by atoms with E-state index in [1.165, 1.54) is 49.6 Å². The molecular weight excluding hydrogens is 837 g/mol. The van der Waals surface area contributed by atoms with Gasteiger partial charge in [0.15, 0.2) is 0 Å². The summed E-state index contributed by atoms with van der Waals surface area (Å²) in [6, 6.07) is 96.1. The van der Waals surface area contributed by atoms with Crippen molar-refractivity contribution in [3.63, 3.8) is 0 Å². The molecule has 0 aliphatic rings. The zero-order valence-electron chi connectivity index (χ0n) is 37.7. The van der Waals surface area contributed by atoms with Crippen molar-refractivity contribution in [1.29, 1.82) is 0 Å². The topological polar surface area (TPSA) is 21.3 Å². The number of furan rings is 1. The van der Waals surface area contributed by atoms with Crippen molar-refractivity contribution < 1.29 is 4.42 Å². The Morgan fingerprint density at radius 3 is 1.38 bits per heavy atom. The third kappa shape index (κ3) is 7.16. The highest BCUT2D eigenvalue weighted by atomic mass is 16.3. The SMILES string of the molecule is c1ccc(-c2ccc(-c3ccc(N(c4ccc(-c5ccc(-c6ccccc6)cc5-n5c6ccccc6c6ccccc65)cc4)c4cccc(-c5cccc6c5oc5ccccc56)c4)cc3)cc2)cc1. The van der Waals surface area contributed by atoms with E-state index in [1.54, 1.807) is 0 Å². The van der Waals surface area contributed by atoms with Gasteiger partial charge in [0, 0.05) is 49.7 Å². The fourth-order valence-corrected chi connectivity index (χ4v) is 10.3. The Balaban J connectivity index is 0.934. The molecule has 0 N–H and O–H groups in total. The maximum Gasteiger partial charge on any atom is 0.143 e. The van der Waals surface area contributed by atoms with E-state index in [2.05, 4.69) is 264 Å². The van der Waals surface area contributed by atoms with E-state index in [0.29, 0.717) is 0 Å². The molecule has 0 aliphatic heterocycles. The minimum absolute atomic E-state index is 0.892. The van der Waals surface area contributed by atoms with Crippen molar-refractivity contribution in [3.8, 4) is 61.3 Å². The Bertz CT molecular complexity index is 3930. The summed E-state index contributed by atoms with van der Waals surface area (Å²) in [7, 11) is 0. The molecule has 13 rings (SSSR count). The van der Waals surface area contributed by atoms with Crippen LogP contribution in [0, 0.1) is 0 Å². The zero-order chi connectivity index (χ0) is 45.7. The predicted octanol–water partition coefficient (Wildman–Crippen LogP) is 18.5. The van der Waals surface area contributed by atoms with Crippen molar-refractivity contribution >= 4 is 60.8 Å². The summed E-state index contributed by atoms with van der Waals surface area (Å²) in [4.78, 5) is 2.36. The second kappa shape index (κ2) is 16.9. The van der Waals surface area contributed by atoms with E-state index in [-0.39, 0.29) is 0 Å². The summed E-state index contributed by atoms with van der Waals surface area (Å²) in [5.74, 6) is 0. The first kappa shape index (κ1) is 40.1. The van der Waals surface area contributed by atoms with Crippen LogP contribution in [0.1, 0.15) is 0 Å². The highest BCUT2D eigenvalue weighted by Crippen LogP contribution is 2.43. The number of aromatic nitrogens is 1.